The van der Waals surface area contributed by atoms with Crippen molar-refractivity contribution in [3.8, 4) is 0 Å². The molecule has 1 N–H and O–H groups in total. The van der Waals surface area contributed by atoms with Crippen molar-refractivity contribution in [2.24, 2.45) is 0 Å². The van der Waals surface area contributed by atoms with Crippen molar-refractivity contribution in [1.29, 1.82) is 0 Å². The number of para-hydroxylation sites is 2. The van der Waals surface area contributed by atoms with Crippen LogP contribution in [0.15, 0.2) is 72.8 Å². The molecule has 0 aliphatic heterocycles. The van der Waals surface area contributed by atoms with Gasteiger partial charge in [-0.25, -0.2) is 8.42 Å². The highest BCUT2D eigenvalue weighted by Crippen LogP contribution is 2.30. The van der Waals surface area contributed by atoms with Crippen LogP contribution in [0.1, 0.15) is 11.1 Å². The molecule has 31 heavy (non-hydrogen) atoms. The van der Waals surface area contributed by atoms with Crippen molar-refractivity contribution < 1.29 is 13.5 Å². The van der Waals surface area contributed by atoms with Crippen molar-refractivity contribution in [3.05, 3.63) is 83.9 Å². The largest absolute Gasteiger partial charge is 0.389 e. The number of benzene rings is 3. The van der Waals surface area contributed by atoms with Gasteiger partial charge >= 0.3 is 0 Å². The lowest BCUT2D eigenvalue weighted by molar-refractivity contribution is 0.166. The molecular formula is C25H24N2O3S. The molecule has 5 nitrogen and oxygen atoms in total. The summed E-state index contributed by atoms with van der Waals surface area (Å²) < 4.78 is 28.5. The zero-order valence-corrected chi connectivity index (χ0v) is 18.1. The summed E-state index contributed by atoms with van der Waals surface area (Å²) in [5, 5.41) is 13.2. The smallest absolute Gasteiger partial charge is 0.232 e. The quantitative estimate of drug-likeness (QED) is 0.497. The predicted molar refractivity (Wildman–Crippen MR) is 127 cm³/mol. The van der Waals surface area contributed by atoms with E-state index in [1.165, 1.54) is 16.1 Å². The molecular weight excluding hydrogens is 408 g/mol. The zero-order valence-electron chi connectivity index (χ0n) is 17.3. The molecule has 3 aromatic carbocycles. The number of rotatable bonds is 6. The predicted octanol–water partition coefficient (Wildman–Crippen LogP) is 4.19. The maximum Gasteiger partial charge on any atom is 0.232 e. The molecule has 4 aromatic rings. The number of nitrogens with zero attached hydrogens (tertiary/aromatic N) is 2. The molecule has 1 heterocycles. The van der Waals surface area contributed by atoms with Crippen LogP contribution in [-0.4, -0.2) is 37.0 Å². The number of aliphatic hydroxyl groups excluding tert-OH is 1. The van der Waals surface area contributed by atoms with Crippen LogP contribution in [0.5, 0.6) is 0 Å². The maximum absolute atomic E-state index is 12.6. The molecule has 0 amide bonds. The summed E-state index contributed by atoms with van der Waals surface area (Å²) in [6.07, 6.45) is 5.25. The van der Waals surface area contributed by atoms with Crippen LogP contribution in [-0.2, 0) is 23.0 Å². The number of hydrogen-bond donors (Lipinski definition) is 1. The zero-order chi connectivity index (χ0) is 21.6. The Labute approximate surface area is 181 Å². The monoisotopic (exact) mass is 432 g/mol. The fraction of sp³-hybridized carbons (Fsp3) is 0.200. The lowest BCUT2D eigenvalue weighted by Gasteiger charge is -2.26. The minimum absolute atomic E-state index is 0.0117. The van der Waals surface area contributed by atoms with Crippen molar-refractivity contribution in [1.82, 2.24) is 4.57 Å². The Morgan fingerprint density at radius 3 is 2.29 bits per heavy atom. The molecule has 0 saturated heterocycles. The minimum Gasteiger partial charge on any atom is -0.389 e. The third-order valence-electron chi connectivity index (χ3n) is 5.90. The third-order valence-corrected chi connectivity index (χ3v) is 7.06. The first-order chi connectivity index (χ1) is 14.9. The van der Waals surface area contributed by atoms with Crippen molar-refractivity contribution in [2.75, 3.05) is 17.1 Å². The summed E-state index contributed by atoms with van der Waals surface area (Å²) in [5.74, 6) is 0. The third kappa shape index (κ3) is 3.62. The summed E-state index contributed by atoms with van der Waals surface area (Å²) in [5.41, 5.74) is 4.84. The van der Waals surface area contributed by atoms with Gasteiger partial charge in [0.2, 0.25) is 10.0 Å². The Kier molecular flexibility index (Phi) is 4.84. The van der Waals surface area contributed by atoms with Gasteiger partial charge in [-0.1, -0.05) is 54.6 Å². The van der Waals surface area contributed by atoms with E-state index in [1.54, 1.807) is 0 Å². The standard InChI is InChI=1S/C25H24N2O3S/c1-31(29,30)27(20-14-13-18-7-6-8-19(18)15-20)17-21(28)16-26-24-11-4-2-9-22(24)23-10-3-5-12-25(23)26/h2-6,8-15,21,28H,7,16-17H2,1H3. The Bertz CT molecular complexity index is 1370. The van der Waals surface area contributed by atoms with Crippen LogP contribution in [0.4, 0.5) is 5.69 Å². The summed E-state index contributed by atoms with van der Waals surface area (Å²) >= 11 is 0. The highest BCUT2D eigenvalue weighted by atomic mass is 32.2. The SMILES string of the molecule is CS(=O)(=O)N(CC(O)Cn1c2ccccc2c2ccccc21)c1ccc2c(c1)C=CC2. The molecule has 1 aliphatic carbocycles. The second kappa shape index (κ2) is 7.55. The molecule has 0 radical (unpaired) electrons. The number of aliphatic hydroxyl groups is 1. The van der Waals surface area contributed by atoms with Crippen LogP contribution in [0.25, 0.3) is 27.9 Å². The van der Waals surface area contributed by atoms with Crippen molar-refractivity contribution in [3.63, 3.8) is 0 Å². The number of allylic oxidation sites excluding steroid dienone is 1. The van der Waals surface area contributed by atoms with Crippen LogP contribution in [0.3, 0.4) is 0 Å². The Hall–Kier alpha value is -3.09. The van der Waals surface area contributed by atoms with Gasteiger partial charge in [-0.3, -0.25) is 4.31 Å². The first kappa shape index (κ1) is 19.8. The minimum atomic E-state index is -3.55. The number of anilines is 1. The van der Waals surface area contributed by atoms with Crippen molar-refractivity contribution >= 4 is 43.6 Å². The summed E-state index contributed by atoms with van der Waals surface area (Å²) in [6, 6.07) is 21.8. The Balaban J connectivity index is 1.48. The highest BCUT2D eigenvalue weighted by Gasteiger charge is 2.23. The molecule has 158 valence electrons. The second-order valence-electron chi connectivity index (χ2n) is 8.08. The van der Waals surface area contributed by atoms with E-state index in [-0.39, 0.29) is 6.54 Å². The van der Waals surface area contributed by atoms with Crippen molar-refractivity contribution in [2.45, 2.75) is 19.1 Å². The second-order valence-corrected chi connectivity index (χ2v) is 9.99. The summed E-state index contributed by atoms with van der Waals surface area (Å²) in [7, 11) is -3.55. The van der Waals surface area contributed by atoms with E-state index in [4.69, 9.17) is 0 Å². The normalized spacial score (nSPS) is 14.3. The van der Waals surface area contributed by atoms with Gasteiger partial charge in [0.25, 0.3) is 0 Å². The van der Waals surface area contributed by atoms with Crippen LogP contribution < -0.4 is 4.31 Å². The maximum atomic E-state index is 12.6. The average molecular weight is 433 g/mol. The van der Waals surface area contributed by atoms with E-state index in [2.05, 4.69) is 22.8 Å². The van der Waals surface area contributed by atoms with E-state index in [9.17, 15) is 13.5 Å². The van der Waals surface area contributed by atoms with Crippen LogP contribution in [0.2, 0.25) is 0 Å². The van der Waals surface area contributed by atoms with Gasteiger partial charge in [-0.2, -0.15) is 0 Å². The molecule has 1 atom stereocenters. The molecule has 0 fully saturated rings. The van der Waals surface area contributed by atoms with E-state index in [0.29, 0.717) is 12.2 Å². The first-order valence-corrected chi connectivity index (χ1v) is 12.2. The topological polar surface area (TPSA) is 62.5 Å². The fourth-order valence-electron chi connectivity index (χ4n) is 4.48. The number of aromatic nitrogens is 1. The number of sulfonamides is 1. The molecule has 0 bridgehead atoms. The van der Waals surface area contributed by atoms with Gasteiger partial charge in [-0.15, -0.1) is 0 Å². The summed E-state index contributed by atoms with van der Waals surface area (Å²) in [4.78, 5) is 0. The first-order valence-electron chi connectivity index (χ1n) is 10.3. The molecule has 0 saturated carbocycles. The van der Waals surface area contributed by atoms with Gasteiger partial charge in [0.1, 0.15) is 0 Å². The van der Waals surface area contributed by atoms with Gasteiger partial charge in [-0.05, 0) is 41.8 Å². The summed E-state index contributed by atoms with van der Waals surface area (Å²) in [6.45, 7) is 0.285. The Morgan fingerprint density at radius 2 is 1.65 bits per heavy atom. The average Bonchev–Trinajstić information content (AvgIpc) is 3.34. The lowest BCUT2D eigenvalue weighted by atomic mass is 10.1. The number of fused-ring (bicyclic) bond motifs is 4. The fourth-order valence-corrected chi connectivity index (χ4v) is 5.42. The van der Waals surface area contributed by atoms with Crippen LogP contribution in [0, 0.1) is 0 Å². The van der Waals surface area contributed by atoms with Crippen LogP contribution >= 0.6 is 0 Å². The number of hydrogen-bond acceptors (Lipinski definition) is 3. The molecule has 5 rings (SSSR count). The van der Waals surface area contributed by atoms with E-state index in [0.717, 1.165) is 33.8 Å². The Morgan fingerprint density at radius 1 is 1.00 bits per heavy atom. The van der Waals surface area contributed by atoms with Gasteiger partial charge in [0, 0.05) is 21.8 Å². The van der Waals surface area contributed by atoms with Gasteiger partial charge in [0.05, 0.1) is 31.1 Å². The highest BCUT2D eigenvalue weighted by molar-refractivity contribution is 7.92. The molecule has 1 aromatic heterocycles. The molecule has 1 unspecified atom stereocenters. The molecule has 0 spiro atoms. The van der Waals surface area contributed by atoms with E-state index < -0.39 is 16.1 Å². The van der Waals surface area contributed by atoms with E-state index in [1.807, 2.05) is 60.7 Å². The molecule has 1 aliphatic rings. The van der Waals surface area contributed by atoms with E-state index >= 15 is 0 Å². The molecule has 6 heteroatoms. The van der Waals surface area contributed by atoms with Gasteiger partial charge in [0.15, 0.2) is 0 Å². The van der Waals surface area contributed by atoms with Gasteiger partial charge < -0.3 is 9.67 Å². The lowest BCUT2D eigenvalue weighted by Crippen LogP contribution is -2.38.